The molecule has 0 radical (unpaired) electrons. The summed E-state index contributed by atoms with van der Waals surface area (Å²) in [4.78, 5) is 13.3. The highest BCUT2D eigenvalue weighted by molar-refractivity contribution is 7.21. The summed E-state index contributed by atoms with van der Waals surface area (Å²) in [7, 11) is 0. The Bertz CT molecular complexity index is 1850. The molecule has 0 bridgehead atoms. The Morgan fingerprint density at radius 3 is 2.49 bits per heavy atom. The third-order valence-electron chi connectivity index (χ3n) is 6.86. The SMILES string of the molecule is Cc1ccc(COc2ccc(C3C(C#N)=C(N)Oc4cc(OC(=O)c5sc6ccccc6c5Cl)ccc43)cc2)cc1. The lowest BCUT2D eigenvalue weighted by Crippen LogP contribution is -2.21. The number of allylic oxidation sites excluding steroid dienone is 1. The van der Waals surface area contributed by atoms with Crippen LogP contribution in [0.25, 0.3) is 10.1 Å². The van der Waals surface area contributed by atoms with Gasteiger partial charge >= 0.3 is 5.97 Å². The molecule has 0 spiro atoms. The molecule has 0 saturated carbocycles. The Kier molecular flexibility index (Phi) is 7.10. The first-order valence-corrected chi connectivity index (χ1v) is 14.0. The number of carbonyl (C=O) groups is 1. The molecule has 4 aromatic carbocycles. The predicted octanol–water partition coefficient (Wildman–Crippen LogP) is 7.88. The van der Waals surface area contributed by atoms with Crippen molar-refractivity contribution in [3.05, 3.63) is 135 Å². The fourth-order valence-electron chi connectivity index (χ4n) is 4.75. The lowest BCUT2D eigenvalue weighted by molar-refractivity contribution is 0.0740. The van der Waals surface area contributed by atoms with Crippen molar-refractivity contribution in [2.75, 3.05) is 0 Å². The molecule has 5 aromatic rings. The molecule has 0 fully saturated rings. The third kappa shape index (κ3) is 5.23. The summed E-state index contributed by atoms with van der Waals surface area (Å²) in [6.07, 6.45) is 0. The highest BCUT2D eigenvalue weighted by Gasteiger charge is 2.31. The van der Waals surface area contributed by atoms with Crippen LogP contribution in [0.3, 0.4) is 0 Å². The molecular weight excluding hydrogens is 556 g/mol. The minimum absolute atomic E-state index is 0.000671. The summed E-state index contributed by atoms with van der Waals surface area (Å²) in [5.74, 6) is 0.357. The topological polar surface area (TPSA) is 94.6 Å². The van der Waals surface area contributed by atoms with E-state index in [4.69, 9.17) is 31.5 Å². The summed E-state index contributed by atoms with van der Waals surface area (Å²) in [6.45, 7) is 2.49. The van der Waals surface area contributed by atoms with E-state index >= 15 is 0 Å². The number of esters is 1. The first kappa shape index (κ1) is 26.5. The molecule has 1 aromatic heterocycles. The van der Waals surface area contributed by atoms with Gasteiger partial charge in [-0.25, -0.2) is 4.79 Å². The fraction of sp³-hybridized carbons (Fsp3) is 0.0909. The molecule has 1 aliphatic rings. The Morgan fingerprint density at radius 2 is 1.76 bits per heavy atom. The van der Waals surface area contributed by atoms with Crippen LogP contribution in [0.2, 0.25) is 5.02 Å². The number of fused-ring (bicyclic) bond motifs is 2. The molecular formula is C33H23ClN2O4S. The maximum absolute atomic E-state index is 13.0. The molecule has 1 unspecified atom stereocenters. The molecule has 41 heavy (non-hydrogen) atoms. The molecule has 1 aliphatic heterocycles. The van der Waals surface area contributed by atoms with Crippen LogP contribution in [-0.4, -0.2) is 5.97 Å². The number of rotatable bonds is 6. The van der Waals surface area contributed by atoms with E-state index in [-0.39, 0.29) is 11.6 Å². The molecule has 0 amide bonds. The first-order valence-electron chi connectivity index (χ1n) is 12.8. The molecule has 8 heteroatoms. The van der Waals surface area contributed by atoms with Gasteiger partial charge in [0.05, 0.1) is 10.9 Å². The van der Waals surface area contributed by atoms with E-state index < -0.39 is 11.9 Å². The zero-order valence-corrected chi connectivity index (χ0v) is 23.5. The molecule has 6 nitrogen and oxygen atoms in total. The van der Waals surface area contributed by atoms with Gasteiger partial charge in [-0.05, 0) is 42.3 Å². The van der Waals surface area contributed by atoms with E-state index in [9.17, 15) is 10.1 Å². The average Bonchev–Trinajstić information content (AvgIpc) is 3.33. The zero-order chi connectivity index (χ0) is 28.5. The number of ether oxygens (including phenoxy) is 3. The Labute approximate surface area is 245 Å². The number of carbonyl (C=O) groups excluding carboxylic acids is 1. The van der Waals surface area contributed by atoms with Gasteiger partial charge in [0.1, 0.15) is 40.4 Å². The van der Waals surface area contributed by atoms with Gasteiger partial charge in [0.25, 0.3) is 0 Å². The van der Waals surface area contributed by atoms with Crippen molar-refractivity contribution >= 4 is 39.0 Å². The summed E-state index contributed by atoms with van der Waals surface area (Å²) in [5, 5.41) is 11.1. The zero-order valence-electron chi connectivity index (χ0n) is 21.9. The number of nitrogens with zero attached hydrogens (tertiary/aromatic N) is 1. The van der Waals surface area contributed by atoms with Crippen molar-refractivity contribution in [1.82, 2.24) is 0 Å². The van der Waals surface area contributed by atoms with E-state index in [1.165, 1.54) is 16.9 Å². The molecule has 0 aliphatic carbocycles. The van der Waals surface area contributed by atoms with Gasteiger partial charge in [0.15, 0.2) is 0 Å². The standard InChI is InChI=1S/C33H23ClN2O4S/c1-19-6-8-20(9-7-19)18-38-22-12-10-21(11-13-22)29-24-15-14-23(16-27(24)40-32(36)26(29)17-35)39-33(37)31-30(34)25-4-2-3-5-28(25)41-31/h2-16,29H,18,36H2,1H3. The summed E-state index contributed by atoms with van der Waals surface area (Å²) in [5.41, 5.74) is 10.3. The first-order chi connectivity index (χ1) is 19.9. The van der Waals surface area contributed by atoms with Gasteiger partial charge in [-0.2, -0.15) is 5.26 Å². The van der Waals surface area contributed by atoms with Crippen LogP contribution in [0.4, 0.5) is 0 Å². The molecule has 0 saturated heterocycles. The van der Waals surface area contributed by atoms with Gasteiger partial charge < -0.3 is 19.9 Å². The van der Waals surface area contributed by atoms with Gasteiger partial charge in [-0.1, -0.05) is 77.8 Å². The average molecular weight is 579 g/mol. The second kappa shape index (κ2) is 11.0. The van der Waals surface area contributed by atoms with Gasteiger partial charge in [-0.3, -0.25) is 0 Å². The van der Waals surface area contributed by atoms with E-state index in [0.717, 1.165) is 26.8 Å². The van der Waals surface area contributed by atoms with E-state index in [1.807, 2.05) is 67.6 Å². The highest BCUT2D eigenvalue weighted by Crippen LogP contribution is 2.44. The van der Waals surface area contributed by atoms with E-state index in [1.54, 1.807) is 18.2 Å². The van der Waals surface area contributed by atoms with Crippen molar-refractivity contribution in [3.8, 4) is 23.3 Å². The second-order valence-corrected chi connectivity index (χ2v) is 11.0. The number of thiophene rings is 1. The number of halogens is 1. The number of nitrogens with two attached hydrogens (primary N) is 1. The molecule has 2 N–H and O–H groups in total. The number of hydrogen-bond acceptors (Lipinski definition) is 7. The van der Waals surface area contributed by atoms with Crippen LogP contribution in [0.5, 0.6) is 17.2 Å². The lowest BCUT2D eigenvalue weighted by Gasteiger charge is -2.26. The highest BCUT2D eigenvalue weighted by atomic mass is 35.5. The minimum atomic E-state index is -0.564. The number of benzene rings is 4. The second-order valence-electron chi connectivity index (χ2n) is 9.60. The normalized spacial score (nSPS) is 14.2. The Balaban J connectivity index is 1.24. The smallest absolute Gasteiger partial charge is 0.355 e. The quantitative estimate of drug-likeness (QED) is 0.163. The van der Waals surface area contributed by atoms with Crippen molar-refractivity contribution in [1.29, 1.82) is 5.26 Å². The van der Waals surface area contributed by atoms with Crippen LogP contribution in [0, 0.1) is 18.3 Å². The van der Waals surface area contributed by atoms with Crippen LogP contribution >= 0.6 is 22.9 Å². The summed E-state index contributed by atoms with van der Waals surface area (Å²) >= 11 is 7.74. The van der Waals surface area contributed by atoms with Crippen molar-refractivity contribution in [3.63, 3.8) is 0 Å². The van der Waals surface area contributed by atoms with Crippen LogP contribution in [0.15, 0.2) is 102 Å². The Morgan fingerprint density at radius 1 is 1.02 bits per heavy atom. The van der Waals surface area contributed by atoms with Crippen molar-refractivity contribution in [2.24, 2.45) is 5.73 Å². The number of nitriles is 1. The number of aryl methyl sites for hydroxylation is 1. The van der Waals surface area contributed by atoms with Gasteiger partial charge in [-0.15, -0.1) is 11.3 Å². The lowest BCUT2D eigenvalue weighted by atomic mass is 9.83. The molecule has 1 atom stereocenters. The molecule has 6 rings (SSSR count). The van der Waals surface area contributed by atoms with Gasteiger partial charge in [0, 0.05) is 21.7 Å². The van der Waals surface area contributed by atoms with Crippen LogP contribution in [-0.2, 0) is 6.61 Å². The van der Waals surface area contributed by atoms with E-state index in [2.05, 4.69) is 18.2 Å². The summed E-state index contributed by atoms with van der Waals surface area (Å²) < 4.78 is 18.3. The third-order valence-corrected chi connectivity index (χ3v) is 8.52. The minimum Gasteiger partial charge on any atom is -0.489 e. The summed E-state index contributed by atoms with van der Waals surface area (Å²) in [6, 6.07) is 30.5. The van der Waals surface area contributed by atoms with Crippen LogP contribution < -0.4 is 19.9 Å². The number of hydrogen-bond donors (Lipinski definition) is 1. The Hall–Kier alpha value is -4.77. The predicted molar refractivity (Wildman–Crippen MR) is 159 cm³/mol. The largest absolute Gasteiger partial charge is 0.489 e. The van der Waals surface area contributed by atoms with Gasteiger partial charge in [0.2, 0.25) is 5.88 Å². The molecule has 2 heterocycles. The van der Waals surface area contributed by atoms with Crippen molar-refractivity contribution < 1.29 is 19.0 Å². The molecule has 202 valence electrons. The maximum atomic E-state index is 13.0. The fourth-order valence-corrected chi connectivity index (χ4v) is 6.13. The van der Waals surface area contributed by atoms with Crippen LogP contribution in [0.1, 0.15) is 37.8 Å². The maximum Gasteiger partial charge on any atom is 0.355 e. The van der Waals surface area contributed by atoms with E-state index in [0.29, 0.717) is 33.6 Å². The monoisotopic (exact) mass is 578 g/mol. The van der Waals surface area contributed by atoms with Crippen molar-refractivity contribution in [2.45, 2.75) is 19.4 Å².